The van der Waals surface area contributed by atoms with Crippen molar-refractivity contribution < 1.29 is 47.6 Å². The van der Waals surface area contributed by atoms with Crippen molar-refractivity contribution in [2.24, 2.45) is 5.92 Å². The summed E-state index contributed by atoms with van der Waals surface area (Å²) in [5.74, 6) is -1.17. The van der Waals surface area contributed by atoms with Crippen LogP contribution in [0.2, 0.25) is 0 Å². The summed E-state index contributed by atoms with van der Waals surface area (Å²) in [4.78, 5) is 28.4. The van der Waals surface area contributed by atoms with Crippen molar-refractivity contribution >= 4 is 27.4 Å². The van der Waals surface area contributed by atoms with Crippen LogP contribution in [0.15, 0.2) is 72.8 Å². The molecule has 0 bridgehead atoms. The van der Waals surface area contributed by atoms with Gasteiger partial charge in [-0.2, -0.15) is 0 Å². The molecule has 2 aliphatic heterocycles. The molecule has 2 fully saturated rings. The van der Waals surface area contributed by atoms with Gasteiger partial charge in [-0.1, -0.05) is 74.7 Å². The fraction of sp³-hybridized carbons (Fsp3) is 0.535. The van der Waals surface area contributed by atoms with E-state index in [0.29, 0.717) is 57.1 Å². The Hall–Kier alpha value is -3.56. The lowest BCUT2D eigenvalue weighted by molar-refractivity contribution is -0.220. The Morgan fingerprint density at radius 1 is 0.857 bits per heavy atom. The summed E-state index contributed by atoms with van der Waals surface area (Å²) in [5.41, 5.74) is 4.11. The second-order valence-corrected chi connectivity index (χ2v) is 17.5. The molecule has 2 unspecified atom stereocenters. The summed E-state index contributed by atoms with van der Waals surface area (Å²) < 4.78 is 44.2. The number of aliphatic hydroxyl groups excluding tert-OH is 4. The number of carbonyl (C=O) groups is 2. The zero-order valence-electron chi connectivity index (χ0n) is 32.5. The largest absolute Gasteiger partial charge is 0.388 e. The molecule has 2 aliphatic rings. The molecule has 306 valence electrons. The summed E-state index contributed by atoms with van der Waals surface area (Å²) in [6.07, 6.45) is 0.525. The van der Waals surface area contributed by atoms with E-state index in [0.717, 1.165) is 41.6 Å². The topological polar surface area (TPSA) is 165 Å². The highest BCUT2D eigenvalue weighted by Crippen LogP contribution is 2.46. The van der Waals surface area contributed by atoms with Crippen LogP contribution < -0.4 is 4.90 Å². The van der Waals surface area contributed by atoms with Gasteiger partial charge in [-0.3, -0.25) is 9.59 Å². The lowest BCUT2D eigenvalue weighted by atomic mass is 9.78. The predicted molar refractivity (Wildman–Crippen MR) is 212 cm³/mol. The van der Waals surface area contributed by atoms with Crippen LogP contribution in [0.4, 0.5) is 10.1 Å². The van der Waals surface area contributed by atoms with Crippen LogP contribution in [0.1, 0.15) is 99.1 Å². The van der Waals surface area contributed by atoms with E-state index in [4.69, 9.17) is 4.74 Å². The zero-order chi connectivity index (χ0) is 40.6. The number of Topliss-reactive ketones (excluding diaryl/α,β-unsaturated/α-hetero) is 1. The number of hydrogen-bond acceptors (Lipinski definition) is 9. The number of rotatable bonds is 20. The van der Waals surface area contributed by atoms with Crippen molar-refractivity contribution in [2.75, 3.05) is 24.7 Å². The zero-order valence-corrected chi connectivity index (χ0v) is 33.4. The number of anilines is 1. The Morgan fingerprint density at radius 2 is 1.50 bits per heavy atom. The van der Waals surface area contributed by atoms with Crippen molar-refractivity contribution in [1.82, 2.24) is 4.31 Å². The lowest BCUT2D eigenvalue weighted by Crippen LogP contribution is -2.59. The Labute approximate surface area is 330 Å². The van der Waals surface area contributed by atoms with E-state index in [1.165, 1.54) is 22.7 Å². The first kappa shape index (κ1) is 43.6. The minimum absolute atomic E-state index is 0.0773. The van der Waals surface area contributed by atoms with Crippen LogP contribution in [0.5, 0.6) is 0 Å². The molecule has 8 atom stereocenters. The second kappa shape index (κ2) is 19.7. The standard InChI is InChI=1S/C43H57FN2O9S/c1-4-5-6-7-10-36(48)42-41(51)40(50)39(49)37(55-42)26-15-29-11-16-31(17-12-29)38-34(24-25-35(47)30-18-20-32(44)21-19-30)43(52)46(38)33-22-13-28(14-23-33)9-8-27-45(2)56(3,53)54/h11-14,16-23,34-35,37-42,47,49-51H,4-10,15,24-27H2,1-3H3/t34?,35-,37?,38+,39-,40+,41-,42+/m0/s1. The number of nitrogens with zero attached hydrogens (tertiary/aromatic N) is 2. The molecule has 56 heavy (non-hydrogen) atoms. The molecule has 2 heterocycles. The Kier molecular flexibility index (Phi) is 15.3. The molecule has 0 saturated carbocycles. The highest BCUT2D eigenvalue weighted by atomic mass is 32.2. The summed E-state index contributed by atoms with van der Waals surface area (Å²) in [6, 6.07) is 20.8. The number of β-lactam (4-membered cyclic amide) rings is 1. The van der Waals surface area contributed by atoms with Crippen LogP contribution in [0.3, 0.4) is 0 Å². The van der Waals surface area contributed by atoms with Crippen LogP contribution in [-0.2, 0) is 37.2 Å². The van der Waals surface area contributed by atoms with E-state index in [1.807, 2.05) is 48.5 Å². The number of carbonyl (C=O) groups excluding carboxylic acids is 2. The van der Waals surface area contributed by atoms with Crippen LogP contribution in [0.25, 0.3) is 0 Å². The molecule has 13 heteroatoms. The van der Waals surface area contributed by atoms with Gasteiger partial charge in [0, 0.05) is 25.7 Å². The number of halogens is 1. The van der Waals surface area contributed by atoms with E-state index >= 15 is 0 Å². The van der Waals surface area contributed by atoms with E-state index in [1.54, 1.807) is 24.1 Å². The predicted octanol–water partition coefficient (Wildman–Crippen LogP) is 5.19. The molecule has 3 aromatic rings. The first-order chi connectivity index (χ1) is 26.7. The lowest BCUT2D eigenvalue weighted by Gasteiger charge is -2.48. The number of unbranched alkanes of at least 4 members (excludes halogenated alkanes) is 3. The van der Waals surface area contributed by atoms with Crippen molar-refractivity contribution in [3.63, 3.8) is 0 Å². The smallest absolute Gasteiger partial charge is 0.233 e. The summed E-state index contributed by atoms with van der Waals surface area (Å²) >= 11 is 0. The second-order valence-electron chi connectivity index (χ2n) is 15.4. The number of benzene rings is 3. The molecule has 0 spiro atoms. The molecule has 2 saturated heterocycles. The monoisotopic (exact) mass is 796 g/mol. The number of aryl methyl sites for hydroxylation is 2. The molecule has 4 N–H and O–H groups in total. The fourth-order valence-electron chi connectivity index (χ4n) is 7.70. The quantitative estimate of drug-likeness (QED) is 0.0890. The van der Waals surface area contributed by atoms with Crippen LogP contribution in [-0.4, -0.2) is 95.2 Å². The van der Waals surface area contributed by atoms with E-state index < -0.39 is 58.4 Å². The maximum Gasteiger partial charge on any atom is 0.233 e. The van der Waals surface area contributed by atoms with Gasteiger partial charge < -0.3 is 30.1 Å². The Morgan fingerprint density at radius 3 is 2.14 bits per heavy atom. The molecule has 0 aliphatic carbocycles. The SMILES string of the molecule is CCCCCCC(=O)[C@H]1OC(CCc2ccc([C@@H]3C(CC[C@H](O)c4ccc(F)cc4)C(=O)N3c3ccc(CCCN(C)S(C)(=O)=O)cc3)cc2)[C@H](O)[C@@H](O)[C@@H]1O. The van der Waals surface area contributed by atoms with Gasteiger partial charge in [0.25, 0.3) is 0 Å². The molecule has 5 rings (SSSR count). The van der Waals surface area contributed by atoms with Crippen molar-refractivity contribution in [1.29, 1.82) is 0 Å². The van der Waals surface area contributed by atoms with Gasteiger partial charge in [0.05, 0.1) is 30.4 Å². The molecular formula is C43H57FN2O9S. The third-order valence-corrected chi connectivity index (χ3v) is 12.6. The van der Waals surface area contributed by atoms with E-state index in [2.05, 4.69) is 6.92 Å². The number of ketones is 1. The van der Waals surface area contributed by atoms with Gasteiger partial charge in [-0.05, 0) is 91.5 Å². The van der Waals surface area contributed by atoms with E-state index in [-0.39, 0.29) is 24.2 Å². The summed E-state index contributed by atoms with van der Waals surface area (Å²) in [5, 5.41) is 42.7. The molecule has 3 aromatic carbocycles. The molecule has 1 amide bonds. The number of ether oxygens (including phenoxy) is 1. The van der Waals surface area contributed by atoms with Gasteiger partial charge in [0.1, 0.15) is 30.2 Å². The third-order valence-electron chi connectivity index (χ3n) is 11.3. The van der Waals surface area contributed by atoms with Gasteiger partial charge in [-0.25, -0.2) is 17.1 Å². The van der Waals surface area contributed by atoms with E-state index in [9.17, 15) is 42.8 Å². The van der Waals surface area contributed by atoms with Gasteiger partial charge in [0.15, 0.2) is 5.78 Å². The molecular weight excluding hydrogens is 740 g/mol. The van der Waals surface area contributed by atoms with Crippen molar-refractivity contribution in [3.8, 4) is 0 Å². The molecule has 0 aromatic heterocycles. The summed E-state index contributed by atoms with van der Waals surface area (Å²) in [7, 11) is -1.70. The third kappa shape index (κ3) is 10.9. The minimum Gasteiger partial charge on any atom is -0.388 e. The fourth-order valence-corrected chi connectivity index (χ4v) is 8.16. The average Bonchev–Trinajstić information content (AvgIpc) is 3.18. The van der Waals surface area contributed by atoms with Crippen molar-refractivity contribution in [2.45, 2.75) is 120 Å². The van der Waals surface area contributed by atoms with Crippen LogP contribution >= 0.6 is 0 Å². The maximum absolute atomic E-state index is 13.8. The summed E-state index contributed by atoms with van der Waals surface area (Å²) in [6.45, 7) is 2.47. The Bertz CT molecular complexity index is 1840. The molecule has 0 radical (unpaired) electrons. The van der Waals surface area contributed by atoms with Gasteiger partial charge in [0.2, 0.25) is 15.9 Å². The highest BCUT2D eigenvalue weighted by Gasteiger charge is 2.49. The normalized spacial score (nSPS) is 24.6. The number of aliphatic hydroxyl groups is 4. The number of sulfonamides is 1. The van der Waals surface area contributed by atoms with Crippen molar-refractivity contribution in [3.05, 3.63) is 101 Å². The molecule has 11 nitrogen and oxygen atoms in total. The first-order valence-corrected chi connectivity index (χ1v) is 21.6. The average molecular weight is 797 g/mol. The van der Waals surface area contributed by atoms with Gasteiger partial charge in [-0.15, -0.1) is 0 Å². The highest BCUT2D eigenvalue weighted by molar-refractivity contribution is 7.88. The van der Waals surface area contributed by atoms with Crippen LogP contribution in [0, 0.1) is 11.7 Å². The minimum atomic E-state index is -3.26. The number of amides is 1. The van der Waals surface area contributed by atoms with Gasteiger partial charge >= 0.3 is 0 Å². The first-order valence-electron chi connectivity index (χ1n) is 19.8. The Balaban J connectivity index is 1.27. The maximum atomic E-state index is 13.8. The number of hydrogen-bond donors (Lipinski definition) is 4.